The van der Waals surface area contributed by atoms with Crippen LogP contribution in [0.25, 0.3) is 0 Å². The van der Waals surface area contributed by atoms with Crippen molar-refractivity contribution in [2.75, 3.05) is 4.72 Å². The van der Waals surface area contributed by atoms with Crippen molar-refractivity contribution in [3.63, 3.8) is 0 Å². The van der Waals surface area contributed by atoms with Crippen LogP contribution in [-0.4, -0.2) is 29.3 Å². The quantitative estimate of drug-likeness (QED) is 0.854. The second-order valence-electron chi connectivity index (χ2n) is 3.85. The number of carboxylic acid groups (broad SMARTS) is 1. The van der Waals surface area contributed by atoms with Crippen LogP contribution in [-0.2, 0) is 21.4 Å². The number of carboxylic acids is 1. The van der Waals surface area contributed by atoms with E-state index in [1.807, 2.05) is 0 Å². The summed E-state index contributed by atoms with van der Waals surface area (Å²) in [6.45, 7) is -0.463. The van der Waals surface area contributed by atoms with Gasteiger partial charge in [0.25, 0.3) is 10.0 Å². The molecule has 1 heterocycles. The van der Waals surface area contributed by atoms with E-state index in [1.54, 1.807) is 0 Å². The van der Waals surface area contributed by atoms with Gasteiger partial charge in [-0.25, -0.2) is 12.8 Å². The fourth-order valence-electron chi connectivity index (χ4n) is 1.46. The zero-order valence-electron chi connectivity index (χ0n) is 10.0. The molecule has 106 valence electrons. The molecule has 0 fully saturated rings. The molecule has 1 aromatic carbocycles. The van der Waals surface area contributed by atoms with E-state index in [2.05, 4.69) is 9.82 Å². The first-order valence-corrected chi connectivity index (χ1v) is 6.88. The molecule has 0 atom stereocenters. The lowest BCUT2D eigenvalue weighted by molar-refractivity contribution is -0.137. The smallest absolute Gasteiger partial charge is 0.325 e. The zero-order chi connectivity index (χ0) is 14.8. The van der Waals surface area contributed by atoms with E-state index in [4.69, 9.17) is 5.11 Å². The second kappa shape index (κ2) is 5.29. The van der Waals surface area contributed by atoms with E-state index in [9.17, 15) is 17.6 Å². The van der Waals surface area contributed by atoms with Crippen LogP contribution in [0.4, 0.5) is 10.1 Å². The van der Waals surface area contributed by atoms with Crippen LogP contribution in [0.3, 0.4) is 0 Å². The fraction of sp³-hybridized carbons (Fsp3) is 0.0909. The number of sulfonamides is 1. The van der Waals surface area contributed by atoms with Crippen molar-refractivity contribution in [2.24, 2.45) is 0 Å². The number of hydrogen-bond acceptors (Lipinski definition) is 4. The van der Waals surface area contributed by atoms with Gasteiger partial charge in [0.15, 0.2) is 0 Å². The average molecular weight is 299 g/mol. The summed E-state index contributed by atoms with van der Waals surface area (Å²) in [5, 5.41) is 12.2. The lowest BCUT2D eigenvalue weighted by Gasteiger charge is -2.06. The first-order valence-electron chi connectivity index (χ1n) is 5.40. The molecule has 1 aromatic heterocycles. The molecule has 2 aromatic rings. The Labute approximate surface area is 113 Å². The van der Waals surface area contributed by atoms with Gasteiger partial charge in [0.05, 0.1) is 11.9 Å². The van der Waals surface area contributed by atoms with Gasteiger partial charge in [-0.3, -0.25) is 14.2 Å². The van der Waals surface area contributed by atoms with Crippen molar-refractivity contribution in [1.82, 2.24) is 9.78 Å². The summed E-state index contributed by atoms with van der Waals surface area (Å²) in [6, 6.07) is 5.30. The van der Waals surface area contributed by atoms with Gasteiger partial charge in [0, 0.05) is 6.20 Å². The topological polar surface area (TPSA) is 101 Å². The molecular weight excluding hydrogens is 289 g/mol. The van der Waals surface area contributed by atoms with Gasteiger partial charge in [-0.2, -0.15) is 5.10 Å². The van der Waals surface area contributed by atoms with Crippen LogP contribution < -0.4 is 4.72 Å². The van der Waals surface area contributed by atoms with Gasteiger partial charge in [0.2, 0.25) is 0 Å². The van der Waals surface area contributed by atoms with E-state index in [0.717, 1.165) is 23.1 Å². The van der Waals surface area contributed by atoms with Gasteiger partial charge < -0.3 is 5.11 Å². The third kappa shape index (κ3) is 3.12. The molecular formula is C11H10FN3O4S. The standard InChI is InChI=1S/C11H10FN3O4S/c12-9-3-1-2-4-10(9)14-20(18,19)8-5-13-15(6-8)7-11(16)17/h1-6,14H,7H2,(H,16,17). The summed E-state index contributed by atoms with van der Waals surface area (Å²) < 4.78 is 40.4. The number of para-hydroxylation sites is 1. The largest absolute Gasteiger partial charge is 0.480 e. The maximum atomic E-state index is 13.4. The van der Waals surface area contributed by atoms with E-state index in [1.165, 1.54) is 18.2 Å². The number of benzene rings is 1. The lowest BCUT2D eigenvalue weighted by atomic mass is 10.3. The number of rotatable bonds is 5. The van der Waals surface area contributed by atoms with E-state index >= 15 is 0 Å². The molecule has 0 aliphatic heterocycles. The highest BCUT2D eigenvalue weighted by Crippen LogP contribution is 2.18. The van der Waals surface area contributed by atoms with Crippen molar-refractivity contribution in [3.8, 4) is 0 Å². The summed E-state index contributed by atoms with van der Waals surface area (Å²) in [5.74, 6) is -1.87. The van der Waals surface area contributed by atoms with E-state index in [-0.39, 0.29) is 10.6 Å². The maximum Gasteiger partial charge on any atom is 0.325 e. The SMILES string of the molecule is O=C(O)Cn1cc(S(=O)(=O)Nc2ccccc2F)cn1. The summed E-state index contributed by atoms with van der Waals surface area (Å²) in [7, 11) is -4.02. The molecule has 0 unspecified atom stereocenters. The Morgan fingerprint density at radius 1 is 1.40 bits per heavy atom. The lowest BCUT2D eigenvalue weighted by Crippen LogP contribution is -2.13. The first-order chi connectivity index (χ1) is 9.38. The highest BCUT2D eigenvalue weighted by atomic mass is 32.2. The summed E-state index contributed by atoms with van der Waals surface area (Å²) >= 11 is 0. The van der Waals surface area contributed by atoms with Crippen LogP contribution in [0.2, 0.25) is 0 Å². The Hall–Kier alpha value is -2.42. The van der Waals surface area contributed by atoms with Crippen LogP contribution in [0.5, 0.6) is 0 Å². The van der Waals surface area contributed by atoms with E-state index < -0.39 is 28.4 Å². The minimum atomic E-state index is -4.02. The van der Waals surface area contributed by atoms with Crippen molar-refractivity contribution < 1.29 is 22.7 Å². The average Bonchev–Trinajstić information content (AvgIpc) is 2.80. The molecule has 9 heteroatoms. The third-order valence-electron chi connectivity index (χ3n) is 2.34. The minimum Gasteiger partial charge on any atom is -0.480 e. The second-order valence-corrected chi connectivity index (χ2v) is 5.54. The van der Waals surface area contributed by atoms with Gasteiger partial charge in [-0.05, 0) is 12.1 Å². The number of anilines is 1. The zero-order valence-corrected chi connectivity index (χ0v) is 10.8. The summed E-state index contributed by atoms with van der Waals surface area (Å²) in [5.41, 5.74) is -0.196. The number of carbonyl (C=O) groups is 1. The number of nitrogens with one attached hydrogen (secondary N) is 1. The molecule has 2 N–H and O–H groups in total. The van der Waals surface area contributed by atoms with Crippen molar-refractivity contribution in [3.05, 3.63) is 42.5 Å². The van der Waals surface area contributed by atoms with E-state index in [0.29, 0.717) is 0 Å². The number of halogens is 1. The van der Waals surface area contributed by atoms with Crippen molar-refractivity contribution in [2.45, 2.75) is 11.4 Å². The number of aliphatic carboxylic acids is 1. The Morgan fingerprint density at radius 2 is 2.10 bits per heavy atom. The monoisotopic (exact) mass is 299 g/mol. The van der Waals surface area contributed by atoms with Gasteiger partial charge >= 0.3 is 5.97 Å². The van der Waals surface area contributed by atoms with Crippen LogP contribution in [0.15, 0.2) is 41.6 Å². The highest BCUT2D eigenvalue weighted by molar-refractivity contribution is 7.92. The summed E-state index contributed by atoms with van der Waals surface area (Å²) in [6.07, 6.45) is 2.05. The molecule has 20 heavy (non-hydrogen) atoms. The molecule has 2 rings (SSSR count). The third-order valence-corrected chi connectivity index (χ3v) is 3.66. The van der Waals surface area contributed by atoms with Crippen LogP contribution in [0.1, 0.15) is 0 Å². The molecule has 0 radical (unpaired) electrons. The molecule has 7 nitrogen and oxygen atoms in total. The fourth-order valence-corrected chi connectivity index (χ4v) is 2.48. The summed E-state index contributed by atoms with van der Waals surface area (Å²) in [4.78, 5) is 10.2. The predicted octanol–water partition coefficient (Wildman–Crippen LogP) is 0.908. The van der Waals surface area contributed by atoms with Gasteiger partial charge in [0.1, 0.15) is 17.3 Å². The Bertz CT molecular complexity index is 742. The number of nitrogens with zero attached hydrogens (tertiary/aromatic N) is 2. The molecule has 0 saturated carbocycles. The molecule has 0 spiro atoms. The maximum absolute atomic E-state index is 13.4. The van der Waals surface area contributed by atoms with Crippen molar-refractivity contribution >= 4 is 21.7 Å². The molecule has 0 saturated heterocycles. The van der Waals surface area contributed by atoms with Crippen LogP contribution >= 0.6 is 0 Å². The molecule has 0 aliphatic rings. The molecule has 0 bridgehead atoms. The highest BCUT2D eigenvalue weighted by Gasteiger charge is 2.18. The van der Waals surface area contributed by atoms with Crippen molar-refractivity contribution in [1.29, 1.82) is 0 Å². The van der Waals surface area contributed by atoms with Gasteiger partial charge in [-0.1, -0.05) is 12.1 Å². The molecule has 0 aliphatic carbocycles. The number of hydrogen-bond donors (Lipinski definition) is 2. The number of aromatic nitrogens is 2. The Balaban J connectivity index is 2.25. The molecule has 0 amide bonds. The van der Waals surface area contributed by atoms with Gasteiger partial charge in [-0.15, -0.1) is 0 Å². The van der Waals surface area contributed by atoms with Crippen LogP contribution in [0, 0.1) is 5.82 Å². The Kier molecular flexibility index (Phi) is 3.70. The first kappa shape index (κ1) is 14.0. The minimum absolute atomic E-state index is 0.196. The Morgan fingerprint density at radius 3 is 2.75 bits per heavy atom. The normalized spacial score (nSPS) is 11.2. The predicted molar refractivity (Wildman–Crippen MR) is 67.1 cm³/mol.